The van der Waals surface area contributed by atoms with E-state index in [1.165, 1.54) is 33.2 Å². The molecule has 25 heavy (non-hydrogen) atoms. The number of pyridine rings is 1. The minimum Gasteiger partial charge on any atom is -0.378 e. The Morgan fingerprint density at radius 3 is 1.72 bits per heavy atom. The Morgan fingerprint density at radius 2 is 1.28 bits per heavy atom. The zero-order valence-electron chi connectivity index (χ0n) is 15.1. The maximum atomic E-state index is 4.58. The minimum absolute atomic E-state index is 0.942. The fraction of sp³-hybridized carbons (Fsp3) is 0.190. The van der Waals surface area contributed by atoms with Gasteiger partial charge in [-0.05, 0) is 48.5 Å². The molecule has 2 heterocycles. The molecular weight excluding hydrogens is 308 g/mol. The zero-order chi connectivity index (χ0) is 17.6. The van der Waals surface area contributed by atoms with Gasteiger partial charge in [-0.15, -0.1) is 0 Å². The Kier molecular flexibility index (Phi) is 3.61. The summed E-state index contributed by atoms with van der Waals surface area (Å²) in [4.78, 5) is 8.85. The SMILES string of the molecule is CN(C)c1ccc2c(c1)c1cc(N(C)C)ccc1n2-c1ccccn1. The lowest BCUT2D eigenvalue weighted by atomic mass is 10.1. The number of anilines is 2. The fourth-order valence-corrected chi connectivity index (χ4v) is 3.29. The predicted molar refractivity (Wildman–Crippen MR) is 107 cm³/mol. The highest BCUT2D eigenvalue weighted by molar-refractivity contribution is 6.11. The van der Waals surface area contributed by atoms with Crippen molar-refractivity contribution in [1.29, 1.82) is 0 Å². The van der Waals surface area contributed by atoms with Gasteiger partial charge < -0.3 is 9.80 Å². The highest BCUT2D eigenvalue weighted by atomic mass is 15.1. The maximum Gasteiger partial charge on any atom is 0.137 e. The van der Waals surface area contributed by atoms with Crippen molar-refractivity contribution in [2.45, 2.75) is 0 Å². The van der Waals surface area contributed by atoms with Crippen molar-refractivity contribution in [2.75, 3.05) is 38.0 Å². The first kappa shape index (κ1) is 15.5. The summed E-state index contributed by atoms with van der Waals surface area (Å²) >= 11 is 0. The van der Waals surface area contributed by atoms with E-state index in [9.17, 15) is 0 Å². The first-order valence-corrected chi connectivity index (χ1v) is 8.40. The van der Waals surface area contributed by atoms with E-state index >= 15 is 0 Å². The molecular formula is C21H22N4. The number of hydrogen-bond acceptors (Lipinski definition) is 3. The largest absolute Gasteiger partial charge is 0.378 e. The van der Waals surface area contributed by atoms with E-state index < -0.39 is 0 Å². The average molecular weight is 330 g/mol. The van der Waals surface area contributed by atoms with Gasteiger partial charge in [0.2, 0.25) is 0 Å². The molecule has 0 bridgehead atoms. The Hall–Kier alpha value is -3.01. The van der Waals surface area contributed by atoms with Crippen molar-refractivity contribution in [2.24, 2.45) is 0 Å². The van der Waals surface area contributed by atoms with Crippen LogP contribution in [0.4, 0.5) is 11.4 Å². The van der Waals surface area contributed by atoms with Gasteiger partial charge >= 0.3 is 0 Å². The smallest absolute Gasteiger partial charge is 0.137 e. The van der Waals surface area contributed by atoms with Crippen LogP contribution in [0.3, 0.4) is 0 Å². The van der Waals surface area contributed by atoms with E-state index in [1.807, 2.05) is 18.3 Å². The van der Waals surface area contributed by atoms with Crippen LogP contribution in [0.2, 0.25) is 0 Å². The quantitative estimate of drug-likeness (QED) is 0.559. The van der Waals surface area contributed by atoms with Crippen LogP contribution in [0.15, 0.2) is 60.8 Å². The molecule has 4 aromatic rings. The van der Waals surface area contributed by atoms with Crippen LogP contribution in [0.1, 0.15) is 0 Å². The minimum atomic E-state index is 0.942. The van der Waals surface area contributed by atoms with Crippen LogP contribution in [0.25, 0.3) is 27.6 Å². The van der Waals surface area contributed by atoms with Crippen molar-refractivity contribution in [3.63, 3.8) is 0 Å². The lowest BCUT2D eigenvalue weighted by Crippen LogP contribution is -2.08. The summed E-state index contributed by atoms with van der Waals surface area (Å²) in [6.07, 6.45) is 1.84. The molecule has 0 amide bonds. The third-order valence-corrected chi connectivity index (χ3v) is 4.64. The Morgan fingerprint density at radius 1 is 0.720 bits per heavy atom. The van der Waals surface area contributed by atoms with Gasteiger partial charge in [-0.1, -0.05) is 6.07 Å². The summed E-state index contributed by atoms with van der Waals surface area (Å²) in [5, 5.41) is 2.49. The van der Waals surface area contributed by atoms with E-state index in [1.54, 1.807) is 0 Å². The standard InChI is InChI=1S/C21H22N4/c1-23(2)15-8-10-19-17(13-15)18-14-16(24(3)4)9-11-20(18)25(19)21-7-5-6-12-22-21/h5-14H,1-4H3. The highest BCUT2D eigenvalue weighted by Crippen LogP contribution is 2.35. The van der Waals surface area contributed by atoms with Crippen molar-refractivity contribution in [3.8, 4) is 5.82 Å². The molecule has 0 aliphatic rings. The van der Waals surface area contributed by atoms with Gasteiger partial charge in [0.05, 0.1) is 11.0 Å². The molecule has 0 unspecified atom stereocenters. The van der Waals surface area contributed by atoms with Crippen LogP contribution >= 0.6 is 0 Å². The molecule has 0 N–H and O–H groups in total. The van der Waals surface area contributed by atoms with Crippen LogP contribution in [0, 0.1) is 0 Å². The van der Waals surface area contributed by atoms with E-state index in [4.69, 9.17) is 0 Å². The zero-order valence-corrected chi connectivity index (χ0v) is 15.1. The molecule has 0 spiro atoms. The fourth-order valence-electron chi connectivity index (χ4n) is 3.29. The molecule has 2 aromatic carbocycles. The van der Waals surface area contributed by atoms with Gasteiger partial charge in [0.1, 0.15) is 5.82 Å². The molecule has 0 atom stereocenters. The highest BCUT2D eigenvalue weighted by Gasteiger charge is 2.14. The summed E-state index contributed by atoms with van der Waals surface area (Å²) in [6, 6.07) is 19.3. The molecule has 0 saturated heterocycles. The molecule has 0 aliphatic carbocycles. The van der Waals surface area contributed by atoms with E-state index in [0.717, 1.165) is 5.82 Å². The monoisotopic (exact) mass is 330 g/mol. The lowest BCUT2D eigenvalue weighted by molar-refractivity contribution is 1.08. The molecule has 0 aliphatic heterocycles. The third-order valence-electron chi connectivity index (χ3n) is 4.64. The topological polar surface area (TPSA) is 24.3 Å². The normalized spacial score (nSPS) is 11.2. The summed E-state index contributed by atoms with van der Waals surface area (Å²) < 4.78 is 2.24. The lowest BCUT2D eigenvalue weighted by Gasteiger charge is -2.13. The first-order valence-electron chi connectivity index (χ1n) is 8.40. The number of rotatable bonds is 3. The summed E-state index contributed by atoms with van der Waals surface area (Å²) in [6.45, 7) is 0. The Balaban J connectivity index is 2.12. The molecule has 126 valence electrons. The van der Waals surface area contributed by atoms with Crippen molar-refractivity contribution >= 4 is 33.2 Å². The van der Waals surface area contributed by atoms with Gasteiger partial charge in [0, 0.05) is 56.5 Å². The van der Waals surface area contributed by atoms with E-state index in [0.29, 0.717) is 0 Å². The van der Waals surface area contributed by atoms with Crippen LogP contribution in [-0.4, -0.2) is 37.7 Å². The number of hydrogen-bond donors (Lipinski definition) is 0. The summed E-state index contributed by atoms with van der Waals surface area (Å²) in [5.74, 6) is 0.942. The predicted octanol–water partition coefficient (Wildman–Crippen LogP) is 4.31. The number of aromatic nitrogens is 2. The van der Waals surface area contributed by atoms with Gasteiger partial charge in [-0.25, -0.2) is 4.98 Å². The van der Waals surface area contributed by atoms with Crippen LogP contribution < -0.4 is 9.80 Å². The number of nitrogens with zero attached hydrogens (tertiary/aromatic N) is 4. The number of benzene rings is 2. The van der Waals surface area contributed by atoms with Gasteiger partial charge in [0.15, 0.2) is 0 Å². The van der Waals surface area contributed by atoms with Gasteiger partial charge in [0.25, 0.3) is 0 Å². The van der Waals surface area contributed by atoms with Crippen molar-refractivity contribution in [1.82, 2.24) is 9.55 Å². The first-order chi connectivity index (χ1) is 12.1. The molecule has 4 heteroatoms. The molecule has 0 radical (unpaired) electrons. The Bertz CT molecular complexity index is 981. The molecule has 4 rings (SSSR count). The summed E-state index contributed by atoms with van der Waals surface area (Å²) in [5.41, 5.74) is 4.75. The van der Waals surface area contributed by atoms with Crippen molar-refractivity contribution in [3.05, 3.63) is 60.8 Å². The second-order valence-corrected chi connectivity index (χ2v) is 6.72. The second-order valence-electron chi connectivity index (χ2n) is 6.72. The third kappa shape index (κ3) is 2.50. The van der Waals surface area contributed by atoms with Gasteiger partial charge in [-0.2, -0.15) is 0 Å². The van der Waals surface area contributed by atoms with Crippen molar-refractivity contribution < 1.29 is 0 Å². The van der Waals surface area contributed by atoms with E-state index in [2.05, 4.69) is 90.0 Å². The van der Waals surface area contributed by atoms with E-state index in [-0.39, 0.29) is 0 Å². The van der Waals surface area contributed by atoms with Crippen LogP contribution in [0.5, 0.6) is 0 Å². The molecule has 4 nitrogen and oxygen atoms in total. The second kappa shape index (κ2) is 5.81. The number of fused-ring (bicyclic) bond motifs is 3. The van der Waals surface area contributed by atoms with Crippen LogP contribution in [-0.2, 0) is 0 Å². The summed E-state index contributed by atoms with van der Waals surface area (Å²) in [7, 11) is 8.30. The maximum absolute atomic E-state index is 4.58. The molecule has 2 aromatic heterocycles. The van der Waals surface area contributed by atoms with Gasteiger partial charge in [-0.3, -0.25) is 4.57 Å². The molecule has 0 fully saturated rings. The average Bonchev–Trinajstić information content (AvgIpc) is 2.95. The molecule has 0 saturated carbocycles. The Labute approximate surface area is 147 Å².